The van der Waals surface area contributed by atoms with E-state index in [4.69, 9.17) is 13.8 Å². The Bertz CT molecular complexity index is 621. The maximum absolute atomic E-state index is 16.2. The highest BCUT2D eigenvalue weighted by Gasteiger charge is 2.64. The smallest absolute Gasteiger partial charge is 0.380 e. The van der Waals surface area contributed by atoms with Crippen LogP contribution in [-0.2, 0) is 23.1 Å². The lowest BCUT2D eigenvalue weighted by atomic mass is 9.93. The van der Waals surface area contributed by atoms with Crippen molar-refractivity contribution in [1.29, 1.82) is 0 Å². The van der Waals surface area contributed by atoms with Gasteiger partial charge in [0.15, 0.2) is 0 Å². The molecule has 0 unspecified atom stereocenters. The largest absolute Gasteiger partial charge is 0.463 e. The Hall–Kier alpha value is -1.49. The second-order valence-corrected chi connectivity index (χ2v) is 7.51. The van der Waals surface area contributed by atoms with Crippen LogP contribution in [0.15, 0.2) is 36.9 Å². The molecule has 7 heteroatoms. The number of hydrogen-bond acceptors (Lipinski definition) is 5. The lowest BCUT2D eigenvalue weighted by molar-refractivity contribution is -0.153. The van der Waals surface area contributed by atoms with Gasteiger partial charge in [0.25, 0.3) is 0 Å². The molecule has 2 atom stereocenters. The van der Waals surface area contributed by atoms with Crippen LogP contribution in [0, 0.1) is 6.92 Å². The van der Waals surface area contributed by atoms with Gasteiger partial charge in [-0.2, -0.15) is 0 Å². The van der Waals surface area contributed by atoms with Crippen molar-refractivity contribution < 1.29 is 27.5 Å². The second kappa shape index (κ2) is 9.27. The molecular weight excluding hydrogens is 346 g/mol. The van der Waals surface area contributed by atoms with E-state index in [2.05, 4.69) is 6.58 Å². The SMILES string of the molecule is C=C[C@H](c1ccc(C)cc1)[C@](F)(C(=O)OCC)P(=O)(OCC)OCC. The summed E-state index contributed by atoms with van der Waals surface area (Å²) >= 11 is 0. The van der Waals surface area contributed by atoms with Crippen molar-refractivity contribution in [3.8, 4) is 0 Å². The molecule has 0 aliphatic heterocycles. The zero-order chi connectivity index (χ0) is 19.1. The van der Waals surface area contributed by atoms with E-state index in [-0.39, 0.29) is 19.8 Å². The molecule has 5 nitrogen and oxygen atoms in total. The van der Waals surface area contributed by atoms with Crippen molar-refractivity contribution in [2.24, 2.45) is 0 Å². The van der Waals surface area contributed by atoms with E-state index < -0.39 is 24.9 Å². The molecule has 0 aliphatic rings. The highest BCUT2D eigenvalue weighted by Crippen LogP contribution is 2.66. The van der Waals surface area contributed by atoms with Crippen LogP contribution >= 0.6 is 7.60 Å². The summed E-state index contributed by atoms with van der Waals surface area (Å²) in [6.45, 7) is 9.90. The van der Waals surface area contributed by atoms with Gasteiger partial charge in [-0.3, -0.25) is 4.57 Å². The summed E-state index contributed by atoms with van der Waals surface area (Å²) in [5.74, 6) is -2.54. The summed E-state index contributed by atoms with van der Waals surface area (Å²) < 4.78 is 44.6. The number of ether oxygens (including phenoxy) is 1. The predicted octanol–water partition coefficient (Wildman–Crippen LogP) is 4.76. The third kappa shape index (κ3) is 4.38. The Balaban J connectivity index is 3.57. The van der Waals surface area contributed by atoms with E-state index in [0.717, 1.165) is 5.56 Å². The highest BCUT2D eigenvalue weighted by atomic mass is 31.2. The summed E-state index contributed by atoms with van der Waals surface area (Å²) in [5.41, 5.74) is 1.39. The van der Waals surface area contributed by atoms with Gasteiger partial charge in [-0.25, -0.2) is 9.18 Å². The first-order valence-electron chi connectivity index (χ1n) is 8.25. The second-order valence-electron chi connectivity index (χ2n) is 5.35. The number of aryl methyl sites for hydroxylation is 1. The molecule has 25 heavy (non-hydrogen) atoms. The first kappa shape index (κ1) is 21.6. The number of allylic oxidation sites excluding steroid dienone is 1. The monoisotopic (exact) mass is 372 g/mol. The van der Waals surface area contributed by atoms with Gasteiger partial charge < -0.3 is 13.8 Å². The standard InChI is InChI=1S/C18H26FO5P/c1-6-16(15-12-10-14(5)11-13-15)18(19,17(20)22-7-2)25(21,23-8-3)24-9-4/h6,10-13,16H,1,7-9H2,2-5H3/t16-,18-/m1/s1. The lowest BCUT2D eigenvalue weighted by Gasteiger charge is -2.35. The van der Waals surface area contributed by atoms with Gasteiger partial charge in [0, 0.05) is 0 Å². The summed E-state index contributed by atoms with van der Waals surface area (Å²) in [4.78, 5) is 12.5. The summed E-state index contributed by atoms with van der Waals surface area (Å²) in [6.07, 6.45) is 1.23. The summed E-state index contributed by atoms with van der Waals surface area (Å²) in [5, 5.41) is -3.04. The van der Waals surface area contributed by atoms with Crippen LogP contribution < -0.4 is 0 Å². The molecule has 0 saturated heterocycles. The first-order valence-corrected chi connectivity index (χ1v) is 9.79. The van der Waals surface area contributed by atoms with Crippen LogP contribution in [0.3, 0.4) is 0 Å². The van der Waals surface area contributed by atoms with E-state index in [0.29, 0.717) is 5.56 Å². The quantitative estimate of drug-likeness (QED) is 0.337. The molecule has 0 aromatic heterocycles. The number of benzene rings is 1. The number of carbonyl (C=O) groups excluding carboxylic acids is 1. The predicted molar refractivity (Wildman–Crippen MR) is 95.4 cm³/mol. The normalized spacial score (nSPS) is 15.2. The highest BCUT2D eigenvalue weighted by molar-refractivity contribution is 7.56. The molecule has 0 spiro atoms. The Kier molecular flexibility index (Phi) is 8.00. The fourth-order valence-corrected chi connectivity index (χ4v) is 4.51. The topological polar surface area (TPSA) is 61.8 Å². The molecule has 0 aliphatic carbocycles. The third-order valence-corrected chi connectivity index (χ3v) is 6.10. The summed E-state index contributed by atoms with van der Waals surface area (Å²) in [7, 11) is -4.49. The molecule has 0 saturated carbocycles. The molecule has 0 N–H and O–H groups in total. The molecule has 0 amide bonds. The average Bonchev–Trinajstić information content (AvgIpc) is 2.57. The Morgan fingerprint density at radius 3 is 2.12 bits per heavy atom. The van der Waals surface area contributed by atoms with Crippen molar-refractivity contribution in [2.75, 3.05) is 19.8 Å². The third-order valence-electron chi connectivity index (χ3n) is 3.64. The fraction of sp³-hybridized carbons (Fsp3) is 0.500. The van der Waals surface area contributed by atoms with Gasteiger partial charge >= 0.3 is 19.0 Å². The molecule has 0 radical (unpaired) electrons. The Morgan fingerprint density at radius 1 is 1.20 bits per heavy atom. The van der Waals surface area contributed by atoms with Crippen LogP contribution in [0.1, 0.15) is 37.8 Å². The summed E-state index contributed by atoms with van der Waals surface area (Å²) in [6, 6.07) is 6.84. The minimum absolute atomic E-state index is 0.0689. The molecule has 1 rings (SSSR count). The molecule has 1 aromatic rings. The fourth-order valence-electron chi connectivity index (χ4n) is 2.49. The maximum Gasteiger partial charge on any atom is 0.380 e. The number of hydrogen-bond donors (Lipinski definition) is 0. The zero-order valence-electron chi connectivity index (χ0n) is 15.2. The van der Waals surface area contributed by atoms with Crippen LogP contribution in [-0.4, -0.2) is 31.2 Å². The van der Waals surface area contributed by atoms with Gasteiger partial charge in [-0.05, 0) is 33.3 Å². The Labute approximate surface area is 148 Å². The van der Waals surface area contributed by atoms with Crippen molar-refractivity contribution in [1.82, 2.24) is 0 Å². The van der Waals surface area contributed by atoms with E-state index in [1.54, 1.807) is 45.0 Å². The van der Waals surface area contributed by atoms with E-state index in [1.165, 1.54) is 6.08 Å². The van der Waals surface area contributed by atoms with Crippen LogP contribution in [0.5, 0.6) is 0 Å². The Morgan fingerprint density at radius 2 is 1.72 bits per heavy atom. The van der Waals surface area contributed by atoms with Gasteiger partial charge in [-0.1, -0.05) is 35.9 Å². The van der Waals surface area contributed by atoms with Gasteiger partial charge in [0.1, 0.15) is 0 Å². The van der Waals surface area contributed by atoms with Crippen LogP contribution in [0.4, 0.5) is 4.39 Å². The van der Waals surface area contributed by atoms with Crippen molar-refractivity contribution in [2.45, 2.75) is 39.0 Å². The van der Waals surface area contributed by atoms with E-state index in [1.807, 2.05) is 6.92 Å². The van der Waals surface area contributed by atoms with E-state index >= 15 is 4.39 Å². The number of esters is 1. The number of alkyl halides is 1. The van der Waals surface area contributed by atoms with Gasteiger partial charge in [0.2, 0.25) is 0 Å². The lowest BCUT2D eigenvalue weighted by Crippen LogP contribution is -2.42. The number of rotatable bonds is 10. The first-order chi connectivity index (χ1) is 11.8. The van der Waals surface area contributed by atoms with E-state index in [9.17, 15) is 9.36 Å². The number of halogens is 1. The molecule has 1 aromatic carbocycles. The van der Waals surface area contributed by atoms with Gasteiger partial charge in [-0.15, -0.1) is 6.58 Å². The van der Waals surface area contributed by atoms with Crippen molar-refractivity contribution >= 4 is 13.6 Å². The molecule has 0 heterocycles. The molecule has 0 bridgehead atoms. The zero-order valence-corrected chi connectivity index (χ0v) is 16.1. The van der Waals surface area contributed by atoms with Crippen LogP contribution in [0.25, 0.3) is 0 Å². The maximum atomic E-state index is 16.2. The minimum atomic E-state index is -4.49. The van der Waals surface area contributed by atoms with Crippen LogP contribution in [0.2, 0.25) is 0 Å². The number of carbonyl (C=O) groups is 1. The average molecular weight is 372 g/mol. The van der Waals surface area contributed by atoms with Crippen molar-refractivity contribution in [3.63, 3.8) is 0 Å². The van der Waals surface area contributed by atoms with Crippen molar-refractivity contribution in [3.05, 3.63) is 48.0 Å². The molecular formula is C18H26FO5P. The molecule has 140 valence electrons. The minimum Gasteiger partial charge on any atom is -0.463 e. The molecule has 0 fully saturated rings. The van der Waals surface area contributed by atoms with Gasteiger partial charge in [0.05, 0.1) is 25.7 Å².